The fourth-order valence-corrected chi connectivity index (χ4v) is 5.40. The number of H-pyrrole nitrogens is 1. The fraction of sp³-hybridized carbons (Fsp3) is 0.348. The fourth-order valence-electron chi connectivity index (χ4n) is 4.40. The molecule has 2 amide bonds. The first-order chi connectivity index (χ1) is 14.7. The summed E-state index contributed by atoms with van der Waals surface area (Å²) in [7, 11) is 0. The molecule has 3 aromatic rings. The molecule has 6 nitrogen and oxygen atoms in total. The van der Waals surface area contributed by atoms with Gasteiger partial charge in [0.2, 0.25) is 11.8 Å². The Balaban J connectivity index is 1.25. The zero-order valence-corrected chi connectivity index (χ0v) is 17.5. The number of imidazole rings is 1. The molecule has 154 valence electrons. The minimum absolute atomic E-state index is 0.0237. The Morgan fingerprint density at radius 2 is 1.83 bits per heavy atom. The van der Waals surface area contributed by atoms with Crippen molar-refractivity contribution in [1.29, 1.82) is 0 Å². The number of thioether (sulfide) groups is 1. The number of hydrogen-bond donors (Lipinski definition) is 1. The number of carbonyl (C=O) groups excluding carboxylic acids is 2. The molecule has 1 atom stereocenters. The maximum Gasteiger partial charge on any atom is 0.227 e. The van der Waals surface area contributed by atoms with Crippen molar-refractivity contribution in [3.8, 4) is 0 Å². The molecule has 2 aliphatic rings. The Morgan fingerprint density at radius 1 is 1.03 bits per heavy atom. The predicted octanol–water partition coefficient (Wildman–Crippen LogP) is 4.15. The van der Waals surface area contributed by atoms with Crippen molar-refractivity contribution >= 4 is 40.3 Å². The number of benzene rings is 2. The summed E-state index contributed by atoms with van der Waals surface area (Å²) in [5.41, 5.74) is 2.87. The zero-order chi connectivity index (χ0) is 20.5. The number of amides is 2. The molecule has 1 unspecified atom stereocenters. The van der Waals surface area contributed by atoms with Crippen LogP contribution in [0, 0.1) is 0 Å². The summed E-state index contributed by atoms with van der Waals surface area (Å²) in [6, 6.07) is 15.9. The average molecular weight is 421 g/mol. The highest BCUT2D eigenvalue weighted by Gasteiger charge is 2.32. The summed E-state index contributed by atoms with van der Waals surface area (Å²) < 4.78 is 0. The maximum absolute atomic E-state index is 13.0. The van der Waals surface area contributed by atoms with Gasteiger partial charge in [-0.15, -0.1) is 11.8 Å². The van der Waals surface area contributed by atoms with Crippen molar-refractivity contribution in [3.63, 3.8) is 0 Å². The Bertz CT molecular complexity index is 1060. The topological polar surface area (TPSA) is 69.3 Å². The van der Waals surface area contributed by atoms with Crippen LogP contribution in [0.2, 0.25) is 0 Å². The van der Waals surface area contributed by atoms with Gasteiger partial charge in [0.05, 0.1) is 22.8 Å². The first-order valence-electron chi connectivity index (χ1n) is 10.5. The van der Waals surface area contributed by atoms with Gasteiger partial charge in [-0.1, -0.05) is 24.3 Å². The van der Waals surface area contributed by atoms with Crippen LogP contribution in [0.15, 0.2) is 53.4 Å². The second kappa shape index (κ2) is 8.14. The molecule has 2 aliphatic heterocycles. The first-order valence-corrected chi connectivity index (χ1v) is 11.5. The SMILES string of the molecule is O=C(CCC(=O)N1CCCC1c1nc2ccccc2[nH]1)N1CCSc2ccccc21. The van der Waals surface area contributed by atoms with E-state index in [9.17, 15) is 9.59 Å². The minimum atomic E-state index is -0.0351. The number of rotatable bonds is 4. The molecule has 0 spiro atoms. The zero-order valence-electron chi connectivity index (χ0n) is 16.7. The second-order valence-corrected chi connectivity index (χ2v) is 8.88. The van der Waals surface area contributed by atoms with Crippen molar-refractivity contribution in [1.82, 2.24) is 14.9 Å². The normalized spacial score (nSPS) is 18.6. The van der Waals surface area contributed by atoms with E-state index in [1.165, 1.54) is 0 Å². The van der Waals surface area contributed by atoms with E-state index >= 15 is 0 Å². The number of para-hydroxylation sites is 3. The Morgan fingerprint density at radius 3 is 2.73 bits per heavy atom. The molecule has 1 aromatic heterocycles. The lowest BCUT2D eigenvalue weighted by molar-refractivity contribution is -0.134. The van der Waals surface area contributed by atoms with Crippen LogP contribution in [0.4, 0.5) is 5.69 Å². The summed E-state index contributed by atoms with van der Waals surface area (Å²) >= 11 is 1.77. The third kappa shape index (κ3) is 3.58. The third-order valence-electron chi connectivity index (χ3n) is 5.88. The lowest BCUT2D eigenvalue weighted by atomic mass is 10.2. The number of likely N-dealkylation sites (tertiary alicyclic amines) is 1. The van der Waals surface area contributed by atoms with Crippen molar-refractivity contribution < 1.29 is 9.59 Å². The van der Waals surface area contributed by atoms with Crippen molar-refractivity contribution in [2.45, 2.75) is 36.6 Å². The van der Waals surface area contributed by atoms with Gasteiger partial charge in [-0.25, -0.2) is 4.98 Å². The quantitative estimate of drug-likeness (QED) is 0.689. The van der Waals surface area contributed by atoms with Crippen LogP contribution in [0.3, 0.4) is 0 Å². The summed E-state index contributed by atoms with van der Waals surface area (Å²) in [4.78, 5) is 38.8. The number of aromatic nitrogens is 2. The highest BCUT2D eigenvalue weighted by atomic mass is 32.2. The van der Waals surface area contributed by atoms with Gasteiger partial charge in [0, 0.05) is 36.6 Å². The van der Waals surface area contributed by atoms with E-state index < -0.39 is 0 Å². The average Bonchev–Trinajstić information content (AvgIpc) is 3.43. The number of nitrogens with one attached hydrogen (secondary N) is 1. The summed E-state index contributed by atoms with van der Waals surface area (Å²) in [5.74, 6) is 1.79. The summed E-state index contributed by atoms with van der Waals surface area (Å²) in [6.07, 6.45) is 2.33. The minimum Gasteiger partial charge on any atom is -0.340 e. The summed E-state index contributed by atoms with van der Waals surface area (Å²) in [6.45, 7) is 1.41. The molecule has 0 saturated carbocycles. The van der Waals surface area contributed by atoms with Gasteiger partial charge in [-0.3, -0.25) is 9.59 Å². The van der Waals surface area contributed by atoms with E-state index in [1.54, 1.807) is 11.8 Å². The number of hydrogen-bond acceptors (Lipinski definition) is 4. The highest BCUT2D eigenvalue weighted by Crippen LogP contribution is 2.35. The second-order valence-electron chi connectivity index (χ2n) is 7.75. The molecule has 1 fully saturated rings. The largest absolute Gasteiger partial charge is 0.340 e. The van der Waals surface area contributed by atoms with Crippen molar-refractivity contribution in [3.05, 3.63) is 54.4 Å². The van der Waals surface area contributed by atoms with E-state index in [0.29, 0.717) is 6.54 Å². The molecule has 3 heterocycles. The number of fused-ring (bicyclic) bond motifs is 2. The molecule has 2 aromatic carbocycles. The predicted molar refractivity (Wildman–Crippen MR) is 119 cm³/mol. The molecule has 5 rings (SSSR count). The number of aromatic amines is 1. The van der Waals surface area contributed by atoms with E-state index in [1.807, 2.05) is 58.3 Å². The molecule has 1 saturated heterocycles. The van der Waals surface area contributed by atoms with Crippen LogP contribution >= 0.6 is 11.8 Å². The van der Waals surface area contributed by atoms with Crippen LogP contribution in [0.25, 0.3) is 11.0 Å². The summed E-state index contributed by atoms with van der Waals surface area (Å²) in [5, 5.41) is 0. The lowest BCUT2D eigenvalue weighted by Gasteiger charge is -2.29. The van der Waals surface area contributed by atoms with Crippen LogP contribution in [0.1, 0.15) is 37.5 Å². The van der Waals surface area contributed by atoms with Gasteiger partial charge < -0.3 is 14.8 Å². The first kappa shape index (κ1) is 19.2. The molecular weight excluding hydrogens is 396 g/mol. The lowest BCUT2D eigenvalue weighted by Crippen LogP contribution is -2.37. The molecule has 0 aliphatic carbocycles. The third-order valence-corrected chi connectivity index (χ3v) is 6.92. The number of anilines is 1. The van der Waals surface area contributed by atoms with E-state index in [0.717, 1.165) is 52.6 Å². The standard InChI is InChI=1S/C23H24N4O2S/c28-21(11-12-22(29)27-14-15-30-20-10-4-3-8-18(20)27)26-13-5-9-19(26)23-24-16-6-1-2-7-17(16)25-23/h1-4,6-8,10,19H,5,9,11-15H2,(H,24,25). The van der Waals surface area contributed by atoms with Gasteiger partial charge in [-0.2, -0.15) is 0 Å². The van der Waals surface area contributed by atoms with Gasteiger partial charge in [0.15, 0.2) is 0 Å². The van der Waals surface area contributed by atoms with Gasteiger partial charge >= 0.3 is 0 Å². The number of nitrogens with zero attached hydrogens (tertiary/aromatic N) is 3. The highest BCUT2D eigenvalue weighted by molar-refractivity contribution is 7.99. The van der Waals surface area contributed by atoms with E-state index in [2.05, 4.69) is 4.98 Å². The Hall–Kier alpha value is -2.80. The smallest absolute Gasteiger partial charge is 0.227 e. The van der Waals surface area contributed by atoms with Crippen LogP contribution in [0.5, 0.6) is 0 Å². The maximum atomic E-state index is 13.0. The molecule has 0 bridgehead atoms. The van der Waals surface area contributed by atoms with Gasteiger partial charge in [0.25, 0.3) is 0 Å². The Labute approximate surface area is 179 Å². The van der Waals surface area contributed by atoms with E-state index in [-0.39, 0.29) is 30.7 Å². The molecule has 30 heavy (non-hydrogen) atoms. The van der Waals surface area contributed by atoms with Crippen LogP contribution in [-0.4, -0.2) is 45.5 Å². The molecule has 0 radical (unpaired) electrons. The van der Waals surface area contributed by atoms with Crippen molar-refractivity contribution in [2.75, 3.05) is 23.7 Å². The Kier molecular flexibility index (Phi) is 5.21. The molecule has 1 N–H and O–H groups in total. The molecular formula is C23H24N4O2S. The van der Waals surface area contributed by atoms with E-state index in [4.69, 9.17) is 4.98 Å². The van der Waals surface area contributed by atoms with Crippen LogP contribution < -0.4 is 4.90 Å². The number of carbonyl (C=O) groups is 2. The van der Waals surface area contributed by atoms with Gasteiger partial charge in [-0.05, 0) is 37.1 Å². The van der Waals surface area contributed by atoms with Crippen molar-refractivity contribution in [2.24, 2.45) is 0 Å². The van der Waals surface area contributed by atoms with Crippen LogP contribution in [-0.2, 0) is 9.59 Å². The van der Waals surface area contributed by atoms with Gasteiger partial charge in [0.1, 0.15) is 5.82 Å². The molecule has 7 heteroatoms. The monoisotopic (exact) mass is 420 g/mol.